The lowest BCUT2D eigenvalue weighted by Crippen LogP contribution is -2.08. The lowest BCUT2D eigenvalue weighted by Gasteiger charge is -2.08. The van der Waals surface area contributed by atoms with Gasteiger partial charge in [0.1, 0.15) is 11.8 Å². The van der Waals surface area contributed by atoms with Gasteiger partial charge in [-0.05, 0) is 23.4 Å². The quantitative estimate of drug-likeness (QED) is 0.413. The van der Waals surface area contributed by atoms with E-state index in [0.29, 0.717) is 23.7 Å². The molecule has 0 saturated carbocycles. The van der Waals surface area contributed by atoms with Gasteiger partial charge in [0.15, 0.2) is 6.29 Å². The normalized spacial score (nSPS) is 10.8. The van der Waals surface area contributed by atoms with Crippen molar-refractivity contribution in [2.45, 2.75) is 6.42 Å². The summed E-state index contributed by atoms with van der Waals surface area (Å²) in [6.45, 7) is 3.74. The maximum Gasteiger partial charge on any atom is 0.203 e. The molecule has 0 aliphatic rings. The molecule has 0 aliphatic carbocycles. The molecule has 3 nitrogen and oxygen atoms in total. The topological polar surface area (TPSA) is 47.3 Å². The van der Waals surface area contributed by atoms with Crippen LogP contribution in [0.15, 0.2) is 58.5 Å². The largest absolute Gasteiger partial charge is 0.463 e. The van der Waals surface area contributed by atoms with Crippen LogP contribution in [-0.2, 0) is 6.42 Å². The van der Waals surface area contributed by atoms with Crippen molar-refractivity contribution in [3.05, 3.63) is 70.6 Å². The molecule has 1 heterocycles. The van der Waals surface area contributed by atoms with Crippen molar-refractivity contribution < 1.29 is 9.21 Å². The van der Waals surface area contributed by atoms with E-state index >= 15 is 0 Å². The summed E-state index contributed by atoms with van der Waals surface area (Å²) in [5.74, 6) is 0. The van der Waals surface area contributed by atoms with E-state index in [1.165, 1.54) is 6.26 Å². The highest BCUT2D eigenvalue weighted by Crippen LogP contribution is 2.27. The number of benzene rings is 2. The van der Waals surface area contributed by atoms with Crippen molar-refractivity contribution in [3.63, 3.8) is 0 Å². The maximum atomic E-state index is 12.2. The Bertz CT molecular complexity index is 888. The molecule has 0 aliphatic heterocycles. The molecule has 3 heteroatoms. The van der Waals surface area contributed by atoms with Crippen molar-refractivity contribution in [1.82, 2.24) is 0 Å². The lowest BCUT2D eigenvalue weighted by atomic mass is 9.98. The Hall–Kier alpha value is -2.68. The van der Waals surface area contributed by atoms with Crippen LogP contribution < -0.4 is 5.43 Å². The van der Waals surface area contributed by atoms with Crippen molar-refractivity contribution in [2.24, 2.45) is 0 Å². The number of fused-ring (bicyclic) bond motifs is 3. The molecule has 0 radical (unpaired) electrons. The Morgan fingerprint density at radius 3 is 2.60 bits per heavy atom. The summed E-state index contributed by atoms with van der Waals surface area (Å²) in [7, 11) is 0. The van der Waals surface area contributed by atoms with Gasteiger partial charge in [0, 0.05) is 5.39 Å². The summed E-state index contributed by atoms with van der Waals surface area (Å²) in [5, 5.41) is 2.34. The third-order valence-corrected chi connectivity index (χ3v) is 3.38. The van der Waals surface area contributed by atoms with E-state index in [0.717, 1.165) is 16.3 Å². The molecule has 2 aromatic carbocycles. The first kappa shape index (κ1) is 12.4. The molecule has 1 aromatic heterocycles. The van der Waals surface area contributed by atoms with Gasteiger partial charge in [-0.25, -0.2) is 0 Å². The van der Waals surface area contributed by atoms with Gasteiger partial charge in [-0.3, -0.25) is 9.59 Å². The molecule has 20 heavy (non-hydrogen) atoms. The standard InChI is InChI=1S/C17H12O3/c1-2-5-11-8-15-16(19)12(9-18)10-20-17(15)14-7-4-3-6-13(11)14/h2-4,6-10H,1,5H2. The molecule has 3 rings (SSSR count). The lowest BCUT2D eigenvalue weighted by molar-refractivity contribution is 0.112. The van der Waals surface area contributed by atoms with E-state index in [1.54, 1.807) is 12.1 Å². The second-order valence-electron chi connectivity index (χ2n) is 4.59. The Morgan fingerprint density at radius 1 is 1.15 bits per heavy atom. The number of aldehydes is 1. The third kappa shape index (κ3) is 1.75. The van der Waals surface area contributed by atoms with Gasteiger partial charge in [-0.2, -0.15) is 0 Å². The van der Waals surface area contributed by atoms with E-state index < -0.39 is 0 Å². The molecule has 0 N–H and O–H groups in total. The van der Waals surface area contributed by atoms with Crippen LogP contribution in [0.2, 0.25) is 0 Å². The third-order valence-electron chi connectivity index (χ3n) is 3.38. The molecule has 0 unspecified atom stereocenters. The number of carbonyl (C=O) groups is 1. The number of rotatable bonds is 3. The van der Waals surface area contributed by atoms with Crippen LogP contribution >= 0.6 is 0 Å². The van der Waals surface area contributed by atoms with E-state index in [-0.39, 0.29) is 11.0 Å². The second-order valence-corrected chi connectivity index (χ2v) is 4.59. The average molecular weight is 264 g/mol. The van der Waals surface area contributed by atoms with E-state index in [1.807, 2.05) is 24.3 Å². The molecule has 98 valence electrons. The summed E-state index contributed by atoms with van der Waals surface area (Å²) in [4.78, 5) is 23.1. The van der Waals surface area contributed by atoms with E-state index in [2.05, 4.69) is 6.58 Å². The van der Waals surface area contributed by atoms with Gasteiger partial charge in [0.05, 0.1) is 10.9 Å². The summed E-state index contributed by atoms with van der Waals surface area (Å²) in [6, 6.07) is 9.53. The Labute approximate surface area is 115 Å². The van der Waals surface area contributed by atoms with Gasteiger partial charge in [0.2, 0.25) is 5.43 Å². The van der Waals surface area contributed by atoms with Gasteiger partial charge >= 0.3 is 0 Å². The Morgan fingerprint density at radius 2 is 1.90 bits per heavy atom. The van der Waals surface area contributed by atoms with Crippen LogP contribution in [0.3, 0.4) is 0 Å². The predicted molar refractivity (Wildman–Crippen MR) is 79.3 cm³/mol. The van der Waals surface area contributed by atoms with Crippen LogP contribution in [0.5, 0.6) is 0 Å². The number of hydrogen-bond donors (Lipinski definition) is 0. The van der Waals surface area contributed by atoms with E-state index in [9.17, 15) is 9.59 Å². The zero-order valence-corrected chi connectivity index (χ0v) is 10.8. The molecule has 3 aromatic rings. The van der Waals surface area contributed by atoms with Crippen LogP contribution in [0, 0.1) is 0 Å². The first-order valence-electron chi connectivity index (χ1n) is 6.28. The molecule has 0 amide bonds. The molecular weight excluding hydrogens is 252 g/mol. The maximum absolute atomic E-state index is 12.2. The Balaban J connectivity index is 2.55. The minimum absolute atomic E-state index is 0.0392. The van der Waals surface area contributed by atoms with Crippen molar-refractivity contribution in [2.75, 3.05) is 0 Å². The minimum atomic E-state index is -0.294. The first-order chi connectivity index (χ1) is 9.76. The molecule has 0 saturated heterocycles. The van der Waals surface area contributed by atoms with Crippen molar-refractivity contribution in [1.29, 1.82) is 0 Å². The highest BCUT2D eigenvalue weighted by Gasteiger charge is 2.12. The zero-order valence-electron chi connectivity index (χ0n) is 10.8. The molecule has 0 atom stereocenters. The summed E-state index contributed by atoms with van der Waals surface area (Å²) in [5.41, 5.74) is 1.26. The summed E-state index contributed by atoms with van der Waals surface area (Å²) >= 11 is 0. The first-order valence-corrected chi connectivity index (χ1v) is 6.28. The smallest absolute Gasteiger partial charge is 0.203 e. The van der Waals surface area contributed by atoms with Gasteiger partial charge in [-0.1, -0.05) is 30.3 Å². The number of carbonyl (C=O) groups excluding carboxylic acids is 1. The van der Waals surface area contributed by atoms with Gasteiger partial charge in [0.25, 0.3) is 0 Å². The molecular formula is C17H12O3. The minimum Gasteiger partial charge on any atom is -0.463 e. The highest BCUT2D eigenvalue weighted by atomic mass is 16.3. The summed E-state index contributed by atoms with van der Waals surface area (Å²) in [6.07, 6.45) is 4.19. The number of allylic oxidation sites excluding steroid dienone is 1. The van der Waals surface area contributed by atoms with E-state index in [4.69, 9.17) is 4.42 Å². The van der Waals surface area contributed by atoms with Crippen LogP contribution in [-0.4, -0.2) is 6.29 Å². The zero-order chi connectivity index (χ0) is 14.1. The van der Waals surface area contributed by atoms with Crippen LogP contribution in [0.25, 0.3) is 21.7 Å². The van der Waals surface area contributed by atoms with Crippen LogP contribution in [0.4, 0.5) is 0 Å². The molecule has 0 fully saturated rings. The monoisotopic (exact) mass is 264 g/mol. The van der Waals surface area contributed by atoms with Gasteiger partial charge in [-0.15, -0.1) is 6.58 Å². The fourth-order valence-corrected chi connectivity index (χ4v) is 2.46. The Kier molecular flexibility index (Phi) is 2.95. The predicted octanol–water partition coefficient (Wildman–Crippen LogP) is 3.49. The average Bonchev–Trinajstić information content (AvgIpc) is 2.49. The van der Waals surface area contributed by atoms with Crippen molar-refractivity contribution >= 4 is 28.0 Å². The fourth-order valence-electron chi connectivity index (χ4n) is 2.46. The SMILES string of the molecule is C=CCc1cc2c(=O)c(C=O)coc2c2ccccc12. The fraction of sp³-hybridized carbons (Fsp3) is 0.0588. The van der Waals surface area contributed by atoms with Crippen molar-refractivity contribution in [3.8, 4) is 0 Å². The highest BCUT2D eigenvalue weighted by molar-refractivity contribution is 6.06. The molecule has 0 spiro atoms. The van der Waals surface area contributed by atoms with Gasteiger partial charge < -0.3 is 4.42 Å². The number of hydrogen-bond acceptors (Lipinski definition) is 3. The molecule has 0 bridgehead atoms. The summed E-state index contributed by atoms with van der Waals surface area (Å²) < 4.78 is 5.50. The second kappa shape index (κ2) is 4.78. The van der Waals surface area contributed by atoms with Crippen LogP contribution in [0.1, 0.15) is 15.9 Å².